The van der Waals surface area contributed by atoms with Gasteiger partial charge in [0.15, 0.2) is 18.1 Å². The lowest BCUT2D eigenvalue weighted by Gasteiger charge is -2.06. The first-order chi connectivity index (χ1) is 12.1. The van der Waals surface area contributed by atoms with Crippen molar-refractivity contribution in [1.82, 2.24) is 0 Å². The van der Waals surface area contributed by atoms with Gasteiger partial charge in [-0.1, -0.05) is 18.2 Å². The fourth-order valence-corrected chi connectivity index (χ4v) is 2.11. The number of para-hydroxylation sites is 1. The standard InChI is InChI=1S/C18H14FNO5/c19-13-3-1-2-4-14(13)20-17(21)10-23-18(22)8-6-12-5-7-15-16(9-12)25-11-24-15/h1-9H,10-11H2,(H,20,21)/b8-6+. The predicted octanol–water partition coefficient (Wildman–Crippen LogP) is 2.75. The Balaban J connectivity index is 1.49. The lowest BCUT2D eigenvalue weighted by Crippen LogP contribution is -2.20. The topological polar surface area (TPSA) is 73.9 Å². The SMILES string of the molecule is O=C(COC(=O)/C=C/c1ccc2c(c1)OCO2)Nc1ccccc1F. The molecule has 0 saturated carbocycles. The highest BCUT2D eigenvalue weighted by atomic mass is 19.1. The molecule has 0 saturated heterocycles. The molecule has 1 aliphatic heterocycles. The molecule has 2 aromatic rings. The number of rotatable bonds is 5. The highest BCUT2D eigenvalue weighted by Crippen LogP contribution is 2.32. The molecule has 7 heteroatoms. The van der Waals surface area contributed by atoms with Crippen LogP contribution in [-0.2, 0) is 14.3 Å². The average molecular weight is 343 g/mol. The van der Waals surface area contributed by atoms with Crippen LogP contribution in [0.25, 0.3) is 6.08 Å². The average Bonchev–Trinajstić information content (AvgIpc) is 3.08. The largest absolute Gasteiger partial charge is 0.454 e. The fraction of sp³-hybridized carbons (Fsp3) is 0.111. The van der Waals surface area contributed by atoms with Crippen molar-refractivity contribution in [2.75, 3.05) is 18.7 Å². The summed E-state index contributed by atoms with van der Waals surface area (Å²) in [7, 11) is 0. The third-order valence-electron chi connectivity index (χ3n) is 3.30. The molecule has 128 valence electrons. The lowest BCUT2D eigenvalue weighted by atomic mass is 10.2. The number of benzene rings is 2. The van der Waals surface area contributed by atoms with Gasteiger partial charge in [-0.3, -0.25) is 4.79 Å². The van der Waals surface area contributed by atoms with Crippen LogP contribution in [0.5, 0.6) is 11.5 Å². The number of esters is 1. The number of amides is 1. The van der Waals surface area contributed by atoms with E-state index in [4.69, 9.17) is 14.2 Å². The molecular weight excluding hydrogens is 329 g/mol. The van der Waals surface area contributed by atoms with Crippen molar-refractivity contribution in [2.24, 2.45) is 0 Å². The first kappa shape index (κ1) is 16.5. The number of carbonyl (C=O) groups excluding carboxylic acids is 2. The van der Waals surface area contributed by atoms with Crippen molar-refractivity contribution in [3.8, 4) is 11.5 Å². The first-order valence-electron chi connectivity index (χ1n) is 7.41. The summed E-state index contributed by atoms with van der Waals surface area (Å²) >= 11 is 0. The summed E-state index contributed by atoms with van der Waals surface area (Å²) < 4.78 is 28.6. The highest BCUT2D eigenvalue weighted by molar-refractivity contribution is 5.94. The third kappa shape index (κ3) is 4.35. The second-order valence-electron chi connectivity index (χ2n) is 5.08. The predicted molar refractivity (Wildman–Crippen MR) is 87.6 cm³/mol. The minimum atomic E-state index is -0.693. The number of carbonyl (C=O) groups is 2. The van der Waals surface area contributed by atoms with Gasteiger partial charge in [-0.15, -0.1) is 0 Å². The van der Waals surface area contributed by atoms with Crippen molar-refractivity contribution < 1.29 is 28.2 Å². The Morgan fingerprint density at radius 2 is 1.96 bits per heavy atom. The highest BCUT2D eigenvalue weighted by Gasteiger charge is 2.12. The van der Waals surface area contributed by atoms with E-state index < -0.39 is 24.3 Å². The van der Waals surface area contributed by atoms with E-state index >= 15 is 0 Å². The van der Waals surface area contributed by atoms with Crippen LogP contribution in [0.1, 0.15) is 5.56 Å². The Morgan fingerprint density at radius 1 is 1.16 bits per heavy atom. The number of nitrogens with one attached hydrogen (secondary N) is 1. The van der Waals surface area contributed by atoms with E-state index in [9.17, 15) is 14.0 Å². The van der Waals surface area contributed by atoms with Crippen LogP contribution < -0.4 is 14.8 Å². The molecule has 0 radical (unpaired) electrons. The van der Waals surface area contributed by atoms with E-state index in [-0.39, 0.29) is 12.5 Å². The maximum atomic E-state index is 13.4. The van der Waals surface area contributed by atoms with Crippen LogP contribution >= 0.6 is 0 Å². The number of fused-ring (bicyclic) bond motifs is 1. The second-order valence-corrected chi connectivity index (χ2v) is 5.08. The summed E-state index contributed by atoms with van der Waals surface area (Å²) in [6.45, 7) is -0.347. The number of hydrogen-bond donors (Lipinski definition) is 1. The maximum absolute atomic E-state index is 13.4. The monoisotopic (exact) mass is 343 g/mol. The van der Waals surface area contributed by atoms with E-state index in [1.807, 2.05) is 0 Å². The minimum absolute atomic E-state index is 0.0273. The lowest BCUT2D eigenvalue weighted by molar-refractivity contribution is -0.142. The van der Waals surface area contributed by atoms with Crippen LogP contribution in [0.15, 0.2) is 48.5 Å². The van der Waals surface area contributed by atoms with Gasteiger partial charge in [0.2, 0.25) is 6.79 Å². The molecular formula is C18H14FNO5. The molecule has 2 aromatic carbocycles. The second kappa shape index (κ2) is 7.48. The molecule has 0 fully saturated rings. The zero-order chi connectivity index (χ0) is 17.6. The van der Waals surface area contributed by atoms with Crippen LogP contribution in [-0.4, -0.2) is 25.3 Å². The number of hydrogen-bond acceptors (Lipinski definition) is 5. The smallest absolute Gasteiger partial charge is 0.331 e. The summed E-state index contributed by atoms with van der Waals surface area (Å²) in [5, 5.41) is 2.32. The molecule has 0 unspecified atom stereocenters. The van der Waals surface area contributed by atoms with Crippen molar-refractivity contribution in [1.29, 1.82) is 0 Å². The van der Waals surface area contributed by atoms with Gasteiger partial charge in [-0.05, 0) is 35.9 Å². The summed E-state index contributed by atoms with van der Waals surface area (Å²) in [5.74, 6) is -0.648. The zero-order valence-electron chi connectivity index (χ0n) is 13.0. The van der Waals surface area contributed by atoms with Crippen LogP contribution in [0.3, 0.4) is 0 Å². The molecule has 1 heterocycles. The van der Waals surface area contributed by atoms with Crippen molar-refractivity contribution in [2.45, 2.75) is 0 Å². The molecule has 25 heavy (non-hydrogen) atoms. The summed E-state index contributed by atoms with van der Waals surface area (Å²) in [6, 6.07) is 10.9. The van der Waals surface area contributed by atoms with Crippen LogP contribution in [0, 0.1) is 5.82 Å². The van der Waals surface area contributed by atoms with Gasteiger partial charge in [0.25, 0.3) is 5.91 Å². The van der Waals surface area contributed by atoms with Gasteiger partial charge in [-0.2, -0.15) is 0 Å². The quantitative estimate of drug-likeness (QED) is 0.667. The molecule has 6 nitrogen and oxygen atoms in total. The Labute approximate surface area is 142 Å². The zero-order valence-corrected chi connectivity index (χ0v) is 13.0. The fourth-order valence-electron chi connectivity index (χ4n) is 2.11. The van der Waals surface area contributed by atoms with Gasteiger partial charge < -0.3 is 19.5 Å². The molecule has 3 rings (SSSR count). The molecule has 0 aromatic heterocycles. The van der Waals surface area contributed by atoms with Gasteiger partial charge >= 0.3 is 5.97 Å². The van der Waals surface area contributed by atoms with Crippen molar-refractivity contribution in [3.05, 3.63) is 59.9 Å². The summed E-state index contributed by atoms with van der Waals surface area (Å²) in [6.07, 6.45) is 2.72. The molecule has 0 atom stereocenters. The molecule has 0 bridgehead atoms. The van der Waals surface area contributed by atoms with E-state index in [2.05, 4.69) is 5.32 Å². The van der Waals surface area contributed by atoms with Gasteiger partial charge in [0, 0.05) is 6.08 Å². The number of ether oxygens (including phenoxy) is 3. The van der Waals surface area contributed by atoms with E-state index in [0.717, 1.165) is 5.56 Å². The number of anilines is 1. The van der Waals surface area contributed by atoms with Crippen molar-refractivity contribution >= 4 is 23.6 Å². The number of halogens is 1. The van der Waals surface area contributed by atoms with Gasteiger partial charge in [0.05, 0.1) is 5.69 Å². The molecule has 1 aliphatic rings. The summed E-state index contributed by atoms with van der Waals surface area (Å²) in [5.41, 5.74) is 0.747. The summed E-state index contributed by atoms with van der Waals surface area (Å²) in [4.78, 5) is 23.3. The van der Waals surface area contributed by atoms with Crippen LogP contribution in [0.2, 0.25) is 0 Å². The normalized spacial score (nSPS) is 12.2. The van der Waals surface area contributed by atoms with E-state index in [1.165, 1.54) is 30.4 Å². The Bertz CT molecular complexity index is 834. The minimum Gasteiger partial charge on any atom is -0.454 e. The first-order valence-corrected chi connectivity index (χ1v) is 7.41. The van der Waals surface area contributed by atoms with E-state index in [0.29, 0.717) is 11.5 Å². The third-order valence-corrected chi connectivity index (χ3v) is 3.30. The Hall–Kier alpha value is -3.35. The van der Waals surface area contributed by atoms with E-state index in [1.54, 1.807) is 24.3 Å². The Morgan fingerprint density at radius 3 is 2.80 bits per heavy atom. The molecule has 0 aliphatic carbocycles. The van der Waals surface area contributed by atoms with Crippen LogP contribution in [0.4, 0.5) is 10.1 Å². The van der Waals surface area contributed by atoms with Gasteiger partial charge in [0.1, 0.15) is 5.82 Å². The maximum Gasteiger partial charge on any atom is 0.331 e. The molecule has 1 N–H and O–H groups in total. The molecule has 0 spiro atoms. The van der Waals surface area contributed by atoms with Crippen molar-refractivity contribution in [3.63, 3.8) is 0 Å². The Kier molecular flexibility index (Phi) is 4.94. The molecule has 1 amide bonds. The van der Waals surface area contributed by atoms with Gasteiger partial charge in [-0.25, -0.2) is 9.18 Å².